The molecule has 0 amide bonds. The second-order valence-corrected chi connectivity index (χ2v) is 6.54. The standard InChI is InChI=1S/C15H14BrNS/c1-2-13-5-6-14(18-13)10-17-8-7-11-3-4-12(16)9-15(11)17/h3-9H,2,10H2,1H3. The normalized spacial score (nSPS) is 11.2. The molecule has 0 N–H and O–H groups in total. The number of thiophene rings is 1. The average Bonchev–Trinajstić information content (AvgIpc) is 2.97. The van der Waals surface area contributed by atoms with Crippen LogP contribution >= 0.6 is 27.3 Å². The molecule has 0 unspecified atom stereocenters. The zero-order valence-corrected chi connectivity index (χ0v) is 12.6. The summed E-state index contributed by atoms with van der Waals surface area (Å²) in [5.74, 6) is 0. The van der Waals surface area contributed by atoms with E-state index in [0.29, 0.717) is 0 Å². The highest BCUT2D eigenvalue weighted by molar-refractivity contribution is 9.10. The molecule has 0 saturated heterocycles. The van der Waals surface area contributed by atoms with Gasteiger partial charge in [-0.2, -0.15) is 0 Å². The Hall–Kier alpha value is -1.06. The van der Waals surface area contributed by atoms with E-state index >= 15 is 0 Å². The lowest BCUT2D eigenvalue weighted by molar-refractivity contribution is 0.851. The van der Waals surface area contributed by atoms with E-state index < -0.39 is 0 Å². The number of halogens is 1. The molecule has 0 spiro atoms. The van der Waals surface area contributed by atoms with E-state index in [1.807, 2.05) is 11.3 Å². The summed E-state index contributed by atoms with van der Waals surface area (Å²) in [6, 6.07) is 13.1. The topological polar surface area (TPSA) is 4.93 Å². The quantitative estimate of drug-likeness (QED) is 0.634. The highest BCUT2D eigenvalue weighted by Crippen LogP contribution is 2.24. The second-order valence-electron chi connectivity index (χ2n) is 4.37. The van der Waals surface area contributed by atoms with Crippen molar-refractivity contribution in [2.45, 2.75) is 19.9 Å². The number of benzene rings is 1. The number of rotatable bonds is 3. The highest BCUT2D eigenvalue weighted by atomic mass is 79.9. The summed E-state index contributed by atoms with van der Waals surface area (Å²) < 4.78 is 3.45. The Bertz CT molecular complexity index is 681. The van der Waals surface area contributed by atoms with Gasteiger partial charge < -0.3 is 4.57 Å². The van der Waals surface area contributed by atoms with Crippen LogP contribution in [0.3, 0.4) is 0 Å². The van der Waals surface area contributed by atoms with Crippen LogP contribution in [-0.4, -0.2) is 4.57 Å². The molecule has 0 atom stereocenters. The highest BCUT2D eigenvalue weighted by Gasteiger charge is 2.04. The number of aryl methyl sites for hydroxylation is 1. The molecule has 0 saturated carbocycles. The van der Waals surface area contributed by atoms with Gasteiger partial charge in [-0.15, -0.1) is 11.3 Å². The van der Waals surface area contributed by atoms with Crippen LogP contribution in [0.2, 0.25) is 0 Å². The van der Waals surface area contributed by atoms with Gasteiger partial charge in [0.05, 0.1) is 6.54 Å². The monoisotopic (exact) mass is 319 g/mol. The van der Waals surface area contributed by atoms with E-state index in [-0.39, 0.29) is 0 Å². The zero-order chi connectivity index (χ0) is 12.5. The molecule has 92 valence electrons. The molecule has 3 aromatic rings. The molecule has 2 aromatic heterocycles. The van der Waals surface area contributed by atoms with Crippen LogP contribution in [0.25, 0.3) is 10.9 Å². The van der Waals surface area contributed by atoms with Gasteiger partial charge in [0.15, 0.2) is 0 Å². The van der Waals surface area contributed by atoms with Crippen molar-refractivity contribution in [2.75, 3.05) is 0 Å². The van der Waals surface area contributed by atoms with Crippen LogP contribution in [0.1, 0.15) is 16.7 Å². The molecule has 0 fully saturated rings. The lowest BCUT2D eigenvalue weighted by Crippen LogP contribution is -1.95. The van der Waals surface area contributed by atoms with E-state index in [1.165, 1.54) is 20.7 Å². The first-order valence-corrected chi connectivity index (χ1v) is 7.69. The van der Waals surface area contributed by atoms with Gasteiger partial charge in [-0.25, -0.2) is 0 Å². The molecule has 0 bridgehead atoms. The molecule has 3 rings (SSSR count). The van der Waals surface area contributed by atoms with Crippen molar-refractivity contribution >= 4 is 38.2 Å². The lowest BCUT2D eigenvalue weighted by Gasteiger charge is -2.03. The minimum Gasteiger partial charge on any atom is -0.342 e. The number of hydrogen-bond donors (Lipinski definition) is 0. The van der Waals surface area contributed by atoms with Gasteiger partial charge in [-0.05, 0) is 42.1 Å². The smallest absolute Gasteiger partial charge is 0.0569 e. The van der Waals surface area contributed by atoms with Crippen LogP contribution in [0.5, 0.6) is 0 Å². The Labute approximate surface area is 119 Å². The maximum atomic E-state index is 3.54. The fraction of sp³-hybridized carbons (Fsp3) is 0.200. The zero-order valence-electron chi connectivity index (χ0n) is 10.2. The molecule has 1 aromatic carbocycles. The fourth-order valence-corrected chi connectivity index (χ4v) is 3.47. The van der Waals surface area contributed by atoms with Crippen LogP contribution < -0.4 is 0 Å². The van der Waals surface area contributed by atoms with Gasteiger partial charge in [0.25, 0.3) is 0 Å². The van der Waals surface area contributed by atoms with Crippen molar-refractivity contribution in [1.29, 1.82) is 0 Å². The van der Waals surface area contributed by atoms with Gasteiger partial charge in [0.2, 0.25) is 0 Å². The summed E-state index contributed by atoms with van der Waals surface area (Å²) in [6.45, 7) is 3.17. The van der Waals surface area contributed by atoms with Gasteiger partial charge >= 0.3 is 0 Å². The molecule has 1 nitrogen and oxygen atoms in total. The van der Waals surface area contributed by atoms with E-state index in [0.717, 1.165) is 17.4 Å². The average molecular weight is 320 g/mol. The molecule has 18 heavy (non-hydrogen) atoms. The number of fused-ring (bicyclic) bond motifs is 1. The van der Waals surface area contributed by atoms with Gasteiger partial charge in [0, 0.05) is 25.9 Å². The largest absolute Gasteiger partial charge is 0.342 e. The third kappa shape index (κ3) is 2.25. The number of aromatic nitrogens is 1. The molecule has 0 aliphatic carbocycles. The van der Waals surface area contributed by atoms with Crippen molar-refractivity contribution in [3.05, 3.63) is 56.8 Å². The van der Waals surface area contributed by atoms with Crippen molar-refractivity contribution in [2.24, 2.45) is 0 Å². The fourth-order valence-electron chi connectivity index (χ4n) is 2.16. The minimum absolute atomic E-state index is 0.963. The van der Waals surface area contributed by atoms with E-state index in [4.69, 9.17) is 0 Å². The third-order valence-electron chi connectivity index (χ3n) is 3.13. The van der Waals surface area contributed by atoms with Crippen molar-refractivity contribution in [1.82, 2.24) is 4.57 Å². The van der Waals surface area contributed by atoms with Crippen molar-refractivity contribution in [3.8, 4) is 0 Å². The van der Waals surface area contributed by atoms with Crippen LogP contribution in [-0.2, 0) is 13.0 Å². The van der Waals surface area contributed by atoms with Crippen LogP contribution in [0, 0.1) is 0 Å². The Balaban J connectivity index is 1.96. The molecule has 0 aliphatic heterocycles. The number of hydrogen-bond acceptors (Lipinski definition) is 1. The first-order chi connectivity index (χ1) is 8.76. The Kier molecular flexibility index (Phi) is 3.27. The summed E-state index contributed by atoms with van der Waals surface area (Å²) in [4.78, 5) is 2.88. The summed E-state index contributed by atoms with van der Waals surface area (Å²) in [5.41, 5.74) is 1.29. The minimum atomic E-state index is 0.963. The van der Waals surface area contributed by atoms with Crippen LogP contribution in [0.4, 0.5) is 0 Å². The van der Waals surface area contributed by atoms with Gasteiger partial charge in [-0.1, -0.05) is 28.9 Å². The molecule has 2 heterocycles. The third-order valence-corrected chi connectivity index (χ3v) is 4.84. The van der Waals surface area contributed by atoms with E-state index in [1.54, 1.807) is 0 Å². The predicted molar refractivity (Wildman–Crippen MR) is 82.4 cm³/mol. The first-order valence-electron chi connectivity index (χ1n) is 6.08. The first kappa shape index (κ1) is 12.0. The maximum absolute atomic E-state index is 3.54. The maximum Gasteiger partial charge on any atom is 0.0569 e. The van der Waals surface area contributed by atoms with E-state index in [2.05, 4.69) is 70.0 Å². The van der Waals surface area contributed by atoms with E-state index in [9.17, 15) is 0 Å². The Morgan fingerprint density at radius 1 is 1.11 bits per heavy atom. The summed E-state index contributed by atoms with van der Waals surface area (Å²) in [5, 5.41) is 1.30. The molecule has 3 heteroatoms. The molecule has 0 radical (unpaired) electrons. The summed E-state index contributed by atoms with van der Waals surface area (Å²) >= 11 is 5.45. The van der Waals surface area contributed by atoms with Crippen molar-refractivity contribution in [3.63, 3.8) is 0 Å². The van der Waals surface area contributed by atoms with Crippen molar-refractivity contribution < 1.29 is 0 Å². The SMILES string of the molecule is CCc1ccc(Cn2ccc3ccc(Br)cc32)s1. The summed E-state index contributed by atoms with van der Waals surface area (Å²) in [7, 11) is 0. The second kappa shape index (κ2) is 4.90. The molecular weight excluding hydrogens is 306 g/mol. The predicted octanol–water partition coefficient (Wildman–Crippen LogP) is 5.08. The molecular formula is C15H14BrNS. The number of nitrogens with zero attached hydrogens (tertiary/aromatic N) is 1. The van der Waals surface area contributed by atoms with Gasteiger partial charge in [0.1, 0.15) is 0 Å². The molecule has 0 aliphatic rings. The Morgan fingerprint density at radius 3 is 2.72 bits per heavy atom. The van der Waals surface area contributed by atoms with Gasteiger partial charge in [-0.3, -0.25) is 0 Å². The Morgan fingerprint density at radius 2 is 1.94 bits per heavy atom. The van der Waals surface area contributed by atoms with Crippen LogP contribution in [0.15, 0.2) is 47.1 Å². The summed E-state index contributed by atoms with van der Waals surface area (Å²) in [6.07, 6.45) is 3.30. The lowest BCUT2D eigenvalue weighted by atomic mass is 10.2.